The SMILES string of the molecule is COc1ccccc1NC(=O)C1=C(C)NC2=C(C(=O)C[C@@H](c3ccc(OC)c(OC)c3)C2)[C@H]1c1coc2ccccc2c1=O. The molecule has 44 heavy (non-hydrogen) atoms. The van der Waals surface area contributed by atoms with E-state index in [0.29, 0.717) is 57.3 Å². The number of fused-ring (bicyclic) bond motifs is 1. The molecule has 9 heteroatoms. The summed E-state index contributed by atoms with van der Waals surface area (Å²) in [6.07, 6.45) is 2.05. The number of para-hydroxylation sites is 3. The van der Waals surface area contributed by atoms with Gasteiger partial charge in [-0.2, -0.15) is 0 Å². The number of methoxy groups -OCH3 is 3. The minimum Gasteiger partial charge on any atom is -0.495 e. The fraction of sp³-hybridized carbons (Fsp3) is 0.229. The number of allylic oxidation sites excluding steroid dienone is 3. The van der Waals surface area contributed by atoms with Crippen molar-refractivity contribution in [3.05, 3.63) is 117 Å². The first kappa shape index (κ1) is 28.8. The maximum atomic E-state index is 14.1. The second-order valence-electron chi connectivity index (χ2n) is 10.8. The Labute approximate surface area is 254 Å². The van der Waals surface area contributed by atoms with Gasteiger partial charge in [0.2, 0.25) is 0 Å². The fourth-order valence-corrected chi connectivity index (χ4v) is 6.22. The van der Waals surface area contributed by atoms with E-state index in [9.17, 15) is 14.4 Å². The number of hydrogen-bond acceptors (Lipinski definition) is 8. The van der Waals surface area contributed by atoms with Crippen LogP contribution >= 0.6 is 0 Å². The Kier molecular flexibility index (Phi) is 7.69. The maximum Gasteiger partial charge on any atom is 0.254 e. The van der Waals surface area contributed by atoms with Crippen molar-refractivity contribution >= 4 is 28.3 Å². The molecule has 1 aliphatic carbocycles. The van der Waals surface area contributed by atoms with E-state index in [4.69, 9.17) is 18.6 Å². The second kappa shape index (κ2) is 11.8. The first-order valence-electron chi connectivity index (χ1n) is 14.2. The lowest BCUT2D eigenvalue weighted by Gasteiger charge is -2.36. The minimum absolute atomic E-state index is 0.154. The molecule has 224 valence electrons. The van der Waals surface area contributed by atoms with Gasteiger partial charge in [0.1, 0.15) is 11.3 Å². The minimum atomic E-state index is -0.944. The lowest BCUT2D eigenvalue weighted by molar-refractivity contribution is -0.116. The summed E-state index contributed by atoms with van der Waals surface area (Å²) in [5.41, 5.74) is 3.60. The number of ketones is 1. The lowest BCUT2D eigenvalue weighted by atomic mass is 9.71. The van der Waals surface area contributed by atoms with Gasteiger partial charge < -0.3 is 29.3 Å². The zero-order chi connectivity index (χ0) is 31.0. The van der Waals surface area contributed by atoms with E-state index >= 15 is 0 Å². The van der Waals surface area contributed by atoms with E-state index in [1.54, 1.807) is 69.7 Å². The van der Waals surface area contributed by atoms with Crippen LogP contribution in [0.15, 0.2) is 105 Å². The van der Waals surface area contributed by atoms with E-state index in [2.05, 4.69) is 10.6 Å². The highest BCUT2D eigenvalue weighted by Crippen LogP contribution is 2.46. The number of nitrogens with one attached hydrogen (secondary N) is 2. The highest BCUT2D eigenvalue weighted by atomic mass is 16.5. The van der Waals surface area contributed by atoms with Crippen molar-refractivity contribution in [1.29, 1.82) is 0 Å². The molecule has 2 atom stereocenters. The summed E-state index contributed by atoms with van der Waals surface area (Å²) >= 11 is 0. The summed E-state index contributed by atoms with van der Waals surface area (Å²) in [6, 6.07) is 19.6. The number of carbonyl (C=O) groups is 2. The van der Waals surface area contributed by atoms with Crippen molar-refractivity contribution < 1.29 is 28.2 Å². The summed E-state index contributed by atoms with van der Waals surface area (Å²) in [5, 5.41) is 6.67. The van der Waals surface area contributed by atoms with Gasteiger partial charge in [-0.05, 0) is 61.2 Å². The molecule has 2 aliphatic rings. The molecule has 0 spiro atoms. The second-order valence-corrected chi connectivity index (χ2v) is 10.8. The number of amides is 1. The van der Waals surface area contributed by atoms with Crippen LogP contribution in [0.1, 0.15) is 42.7 Å². The van der Waals surface area contributed by atoms with Gasteiger partial charge >= 0.3 is 0 Å². The van der Waals surface area contributed by atoms with Crippen LogP contribution < -0.4 is 30.3 Å². The highest BCUT2D eigenvalue weighted by molar-refractivity contribution is 6.10. The molecule has 1 amide bonds. The zero-order valence-corrected chi connectivity index (χ0v) is 24.9. The summed E-state index contributed by atoms with van der Waals surface area (Å²) < 4.78 is 22.2. The smallest absolute Gasteiger partial charge is 0.254 e. The third kappa shape index (κ3) is 5.00. The van der Waals surface area contributed by atoms with Crippen molar-refractivity contribution in [3.8, 4) is 17.2 Å². The Balaban J connectivity index is 1.47. The van der Waals surface area contributed by atoms with Gasteiger partial charge in [-0.3, -0.25) is 14.4 Å². The number of Topliss-reactive ketones (excluding diaryl/α,β-unsaturated/α-hetero) is 1. The molecule has 0 saturated heterocycles. The first-order chi connectivity index (χ1) is 21.3. The van der Waals surface area contributed by atoms with E-state index in [1.807, 2.05) is 18.2 Å². The van der Waals surface area contributed by atoms with Crippen LogP contribution in [-0.2, 0) is 9.59 Å². The molecule has 2 heterocycles. The highest BCUT2D eigenvalue weighted by Gasteiger charge is 2.42. The molecule has 6 rings (SSSR count). The average molecular weight is 593 g/mol. The van der Waals surface area contributed by atoms with Gasteiger partial charge in [-0.25, -0.2) is 0 Å². The predicted molar refractivity (Wildman–Crippen MR) is 166 cm³/mol. The molecular weight excluding hydrogens is 560 g/mol. The number of anilines is 1. The van der Waals surface area contributed by atoms with Crippen molar-refractivity contribution in [1.82, 2.24) is 5.32 Å². The molecule has 1 aromatic heterocycles. The van der Waals surface area contributed by atoms with Gasteiger partial charge in [0, 0.05) is 34.5 Å². The van der Waals surface area contributed by atoms with E-state index in [0.717, 1.165) is 5.56 Å². The Morgan fingerprint density at radius 1 is 0.886 bits per heavy atom. The molecule has 3 aromatic carbocycles. The third-order valence-electron chi connectivity index (χ3n) is 8.32. The molecule has 0 unspecified atom stereocenters. The van der Waals surface area contributed by atoms with Crippen LogP contribution in [0.3, 0.4) is 0 Å². The molecule has 1 aliphatic heterocycles. The number of carbonyl (C=O) groups excluding carboxylic acids is 2. The zero-order valence-electron chi connectivity index (χ0n) is 24.9. The van der Waals surface area contributed by atoms with E-state index in [1.165, 1.54) is 13.4 Å². The molecule has 0 radical (unpaired) electrons. The number of dihydropyridines is 1. The monoisotopic (exact) mass is 592 g/mol. The summed E-state index contributed by atoms with van der Waals surface area (Å²) in [5.74, 6) is -0.0613. The van der Waals surface area contributed by atoms with Crippen LogP contribution in [0.4, 0.5) is 5.69 Å². The summed E-state index contributed by atoms with van der Waals surface area (Å²) in [6.45, 7) is 1.78. The lowest BCUT2D eigenvalue weighted by Crippen LogP contribution is -2.38. The van der Waals surface area contributed by atoms with Crippen LogP contribution in [0, 0.1) is 0 Å². The van der Waals surface area contributed by atoms with E-state index < -0.39 is 11.8 Å². The number of benzene rings is 3. The van der Waals surface area contributed by atoms with Crippen molar-refractivity contribution in [2.24, 2.45) is 0 Å². The quantitative estimate of drug-likeness (QED) is 0.276. The Hall–Kier alpha value is -5.31. The predicted octanol–water partition coefficient (Wildman–Crippen LogP) is 5.82. The van der Waals surface area contributed by atoms with Crippen molar-refractivity contribution in [2.45, 2.75) is 31.6 Å². The molecule has 0 fully saturated rings. The summed E-state index contributed by atoms with van der Waals surface area (Å²) in [4.78, 5) is 42.1. The Bertz CT molecular complexity index is 1920. The Morgan fingerprint density at radius 2 is 1.61 bits per heavy atom. The number of hydrogen-bond donors (Lipinski definition) is 2. The number of ether oxygens (including phenoxy) is 3. The Morgan fingerprint density at radius 3 is 2.39 bits per heavy atom. The molecule has 0 saturated carbocycles. The van der Waals surface area contributed by atoms with Gasteiger partial charge in [-0.15, -0.1) is 0 Å². The largest absolute Gasteiger partial charge is 0.495 e. The summed E-state index contributed by atoms with van der Waals surface area (Å²) in [7, 11) is 4.67. The third-order valence-corrected chi connectivity index (χ3v) is 8.32. The normalized spacial score (nSPS) is 18.0. The van der Waals surface area contributed by atoms with E-state index in [-0.39, 0.29) is 34.7 Å². The molecule has 9 nitrogen and oxygen atoms in total. The molecular formula is C35H32N2O7. The van der Waals surface area contributed by atoms with Crippen LogP contribution in [0.2, 0.25) is 0 Å². The molecule has 2 N–H and O–H groups in total. The average Bonchev–Trinajstić information content (AvgIpc) is 3.04. The van der Waals surface area contributed by atoms with Gasteiger partial charge in [0.25, 0.3) is 5.91 Å². The van der Waals surface area contributed by atoms with Crippen LogP contribution in [0.25, 0.3) is 11.0 Å². The van der Waals surface area contributed by atoms with Crippen LogP contribution in [-0.4, -0.2) is 33.0 Å². The fourth-order valence-electron chi connectivity index (χ4n) is 6.22. The topological polar surface area (TPSA) is 116 Å². The first-order valence-corrected chi connectivity index (χ1v) is 14.2. The standard InChI is InChI=1S/C35H32N2O7/c1-19-31(35(40)37-24-10-6-8-12-28(24)41-2)32(23-18-44-27-11-7-5-9-22(27)34(23)39)33-25(36-19)15-21(16-26(33)38)20-13-14-29(42-3)30(17-20)43-4/h5-14,17-18,21,32,36H,15-16H2,1-4H3,(H,37,40)/t21-,32-/m0/s1. The van der Waals surface area contributed by atoms with Crippen LogP contribution in [0.5, 0.6) is 17.2 Å². The maximum absolute atomic E-state index is 14.1. The molecule has 0 bridgehead atoms. The van der Waals surface area contributed by atoms with Gasteiger partial charge in [0.05, 0.1) is 44.6 Å². The van der Waals surface area contributed by atoms with Crippen molar-refractivity contribution in [2.75, 3.05) is 26.6 Å². The van der Waals surface area contributed by atoms with Gasteiger partial charge in [-0.1, -0.05) is 30.3 Å². The number of rotatable bonds is 7. The van der Waals surface area contributed by atoms with Crippen molar-refractivity contribution in [3.63, 3.8) is 0 Å². The van der Waals surface area contributed by atoms with Gasteiger partial charge in [0.15, 0.2) is 22.7 Å². The molecule has 4 aromatic rings.